The molecule has 174 valence electrons. The van der Waals surface area contributed by atoms with Crippen LogP contribution in [-0.4, -0.2) is 55.1 Å². The van der Waals surface area contributed by atoms with Crippen LogP contribution in [-0.2, 0) is 0 Å². The second-order valence-electron chi connectivity index (χ2n) is 10.1. The highest BCUT2D eigenvalue weighted by Gasteiger charge is 2.38. The Hall–Kier alpha value is -3.36. The number of aromatic nitrogens is 4. The highest BCUT2D eigenvalue weighted by Crippen LogP contribution is 2.34. The van der Waals surface area contributed by atoms with Gasteiger partial charge in [0.15, 0.2) is 11.5 Å². The van der Waals surface area contributed by atoms with Crippen molar-refractivity contribution < 1.29 is 4.79 Å². The van der Waals surface area contributed by atoms with E-state index in [1.165, 1.54) is 5.56 Å². The van der Waals surface area contributed by atoms with Crippen LogP contribution in [0.4, 0.5) is 0 Å². The van der Waals surface area contributed by atoms with Crippen LogP contribution in [0.1, 0.15) is 55.1 Å². The number of hydrogen-bond donors (Lipinski definition) is 2. The van der Waals surface area contributed by atoms with Gasteiger partial charge in [-0.05, 0) is 62.9 Å². The van der Waals surface area contributed by atoms with Crippen molar-refractivity contribution in [1.82, 2.24) is 29.8 Å². The predicted molar refractivity (Wildman–Crippen MR) is 131 cm³/mol. The molecule has 8 nitrogen and oxygen atoms in total. The molecular weight excluding hydrogens is 426 g/mol. The lowest BCUT2D eigenvalue weighted by atomic mass is 10.1. The maximum absolute atomic E-state index is 12.7. The number of nitrogens with zero attached hydrogens (tertiary/aromatic N) is 5. The third-order valence-corrected chi connectivity index (χ3v) is 7.31. The first-order valence-corrected chi connectivity index (χ1v) is 12.0. The number of rotatable bonds is 5. The first-order chi connectivity index (χ1) is 16.4. The van der Waals surface area contributed by atoms with E-state index in [-0.39, 0.29) is 23.5 Å². The van der Waals surface area contributed by atoms with Gasteiger partial charge in [-0.25, -0.2) is 4.98 Å². The zero-order valence-corrected chi connectivity index (χ0v) is 19.5. The Balaban J connectivity index is 1.34. The molecule has 8 heteroatoms. The maximum atomic E-state index is 12.7. The van der Waals surface area contributed by atoms with Gasteiger partial charge in [-0.15, -0.1) is 10.2 Å². The average Bonchev–Trinajstić information content (AvgIpc) is 3.21. The molecule has 1 aliphatic carbocycles. The molecule has 0 spiro atoms. The van der Waals surface area contributed by atoms with Crippen molar-refractivity contribution in [1.29, 1.82) is 0 Å². The highest BCUT2D eigenvalue weighted by molar-refractivity contribution is 5.98. The summed E-state index contributed by atoms with van der Waals surface area (Å²) in [5, 5.41) is 12.9. The summed E-state index contributed by atoms with van der Waals surface area (Å²) < 4.78 is 2.00. The number of fused-ring (bicyclic) bond motifs is 2. The van der Waals surface area contributed by atoms with Gasteiger partial charge >= 0.3 is 0 Å². The zero-order chi connectivity index (χ0) is 23.4. The summed E-state index contributed by atoms with van der Waals surface area (Å²) in [7, 11) is 0. The summed E-state index contributed by atoms with van der Waals surface area (Å²) in [5.41, 5.74) is 10.1. The minimum absolute atomic E-state index is 0.0534. The molecular formula is C26H29N7O. The molecule has 4 aromatic rings. The molecule has 0 unspecified atom stereocenters. The van der Waals surface area contributed by atoms with Gasteiger partial charge in [0.25, 0.3) is 5.91 Å². The number of nitrogens with one attached hydrogen (secondary N) is 1. The van der Waals surface area contributed by atoms with Gasteiger partial charge < -0.3 is 11.1 Å². The summed E-state index contributed by atoms with van der Waals surface area (Å²) in [6.07, 6.45) is 5.19. The van der Waals surface area contributed by atoms with E-state index in [0.29, 0.717) is 11.4 Å². The summed E-state index contributed by atoms with van der Waals surface area (Å²) in [4.78, 5) is 20.0. The molecule has 1 saturated heterocycles. The number of pyridine rings is 2. The number of carbonyl (C=O) groups excluding carboxylic acids is 1. The van der Waals surface area contributed by atoms with E-state index in [1.807, 2.05) is 40.8 Å². The molecule has 1 amide bonds. The summed E-state index contributed by atoms with van der Waals surface area (Å²) >= 11 is 0. The van der Waals surface area contributed by atoms with E-state index < -0.39 is 0 Å². The van der Waals surface area contributed by atoms with Crippen LogP contribution in [0.2, 0.25) is 0 Å². The Kier molecular flexibility index (Phi) is 4.89. The minimum atomic E-state index is -0.0588. The van der Waals surface area contributed by atoms with E-state index in [1.54, 1.807) is 0 Å². The molecule has 1 aromatic carbocycles. The molecule has 3 N–H and O–H groups in total. The third kappa shape index (κ3) is 3.82. The normalized spacial score (nSPS) is 20.6. The Morgan fingerprint density at radius 2 is 2.00 bits per heavy atom. The van der Waals surface area contributed by atoms with Crippen molar-refractivity contribution in [3.63, 3.8) is 0 Å². The number of carbonyl (C=O) groups is 1. The van der Waals surface area contributed by atoms with Gasteiger partial charge in [0.1, 0.15) is 5.69 Å². The quantitative estimate of drug-likeness (QED) is 0.479. The first-order valence-electron chi connectivity index (χ1n) is 12.0. The zero-order valence-electron chi connectivity index (χ0n) is 19.5. The SMILES string of the molecule is C[C@@H](c1ccc2nnc(-c3ccc4ccc(C(=O)NC5(C)CC5)cc4n3)n2c1)N1CC[C@H](N)C1. The molecule has 4 heterocycles. The molecule has 3 aromatic heterocycles. The minimum Gasteiger partial charge on any atom is -0.347 e. The van der Waals surface area contributed by atoms with Gasteiger partial charge in [0, 0.05) is 47.9 Å². The van der Waals surface area contributed by atoms with Gasteiger partial charge in [0.2, 0.25) is 0 Å². The topological polar surface area (TPSA) is 101 Å². The average molecular weight is 456 g/mol. The molecule has 34 heavy (non-hydrogen) atoms. The van der Waals surface area contributed by atoms with E-state index in [0.717, 1.165) is 54.6 Å². The molecule has 2 fully saturated rings. The molecule has 1 aliphatic heterocycles. The van der Waals surface area contributed by atoms with Crippen molar-refractivity contribution in [2.75, 3.05) is 13.1 Å². The van der Waals surface area contributed by atoms with Gasteiger partial charge in [0.05, 0.1) is 5.52 Å². The van der Waals surface area contributed by atoms with Crippen LogP contribution in [0.15, 0.2) is 48.7 Å². The van der Waals surface area contributed by atoms with Crippen molar-refractivity contribution >= 4 is 22.5 Å². The lowest BCUT2D eigenvalue weighted by Gasteiger charge is -2.24. The largest absolute Gasteiger partial charge is 0.347 e. The van der Waals surface area contributed by atoms with Crippen LogP contribution in [0, 0.1) is 0 Å². The second kappa shape index (κ2) is 7.85. The molecule has 1 saturated carbocycles. The lowest BCUT2D eigenvalue weighted by molar-refractivity contribution is 0.0935. The molecule has 2 atom stereocenters. The van der Waals surface area contributed by atoms with E-state index >= 15 is 0 Å². The second-order valence-corrected chi connectivity index (χ2v) is 10.1. The molecule has 2 aliphatic rings. The fourth-order valence-electron chi connectivity index (χ4n) is 4.75. The molecule has 6 rings (SSSR count). The van der Waals surface area contributed by atoms with Gasteiger partial charge in [-0.3, -0.25) is 14.1 Å². The van der Waals surface area contributed by atoms with E-state index in [9.17, 15) is 4.79 Å². The number of benzene rings is 1. The van der Waals surface area contributed by atoms with Crippen LogP contribution >= 0.6 is 0 Å². The maximum Gasteiger partial charge on any atom is 0.251 e. The van der Waals surface area contributed by atoms with E-state index in [4.69, 9.17) is 10.7 Å². The van der Waals surface area contributed by atoms with Crippen LogP contribution in [0.3, 0.4) is 0 Å². The Bertz CT molecular complexity index is 1410. The molecule has 0 bridgehead atoms. The Morgan fingerprint density at radius 3 is 2.76 bits per heavy atom. The van der Waals surface area contributed by atoms with E-state index in [2.05, 4.69) is 46.5 Å². The van der Waals surface area contributed by atoms with Crippen molar-refractivity contribution in [2.24, 2.45) is 5.73 Å². The van der Waals surface area contributed by atoms with Crippen molar-refractivity contribution in [2.45, 2.75) is 50.7 Å². The lowest BCUT2D eigenvalue weighted by Crippen LogP contribution is -2.34. The summed E-state index contributed by atoms with van der Waals surface area (Å²) in [6.45, 7) is 6.21. The monoisotopic (exact) mass is 455 g/mol. The summed E-state index contributed by atoms with van der Waals surface area (Å²) in [5.74, 6) is 0.631. The Labute approximate surface area is 198 Å². The smallest absolute Gasteiger partial charge is 0.251 e. The fraction of sp³-hybridized carbons (Fsp3) is 0.385. The third-order valence-electron chi connectivity index (χ3n) is 7.31. The highest BCUT2D eigenvalue weighted by atomic mass is 16.1. The number of hydrogen-bond acceptors (Lipinski definition) is 6. The number of amides is 1. The molecule has 0 radical (unpaired) electrons. The fourth-order valence-corrected chi connectivity index (χ4v) is 4.75. The number of nitrogens with two attached hydrogens (primary N) is 1. The van der Waals surface area contributed by atoms with Crippen LogP contribution < -0.4 is 11.1 Å². The number of likely N-dealkylation sites (tertiary alicyclic amines) is 1. The predicted octanol–water partition coefficient (Wildman–Crippen LogP) is 3.32. The standard InChI is InChI=1S/C26H29N7O/c1-16(32-12-9-20(27)15-32)19-6-8-23-30-31-24(33(23)14-19)21-7-5-17-3-4-18(13-22(17)28-21)25(34)29-26(2)10-11-26/h3-8,13-14,16,20H,9-12,15,27H2,1-2H3,(H,29,34)/t16-,20-/m0/s1. The first kappa shape index (κ1) is 21.2. The van der Waals surface area contributed by atoms with Crippen molar-refractivity contribution in [3.05, 3.63) is 59.8 Å². The van der Waals surface area contributed by atoms with Crippen molar-refractivity contribution in [3.8, 4) is 11.5 Å². The summed E-state index contributed by atoms with van der Waals surface area (Å²) in [6, 6.07) is 14.2. The van der Waals surface area contributed by atoms with Crippen LogP contribution in [0.5, 0.6) is 0 Å². The van der Waals surface area contributed by atoms with Gasteiger partial charge in [-0.1, -0.05) is 18.2 Å². The Morgan fingerprint density at radius 1 is 1.18 bits per heavy atom. The van der Waals surface area contributed by atoms with Crippen LogP contribution in [0.25, 0.3) is 28.1 Å². The van der Waals surface area contributed by atoms with Gasteiger partial charge in [-0.2, -0.15) is 0 Å².